The van der Waals surface area contributed by atoms with Crippen LogP contribution in [0.5, 0.6) is 0 Å². The van der Waals surface area contributed by atoms with E-state index in [2.05, 4.69) is 32.6 Å². The molecule has 0 radical (unpaired) electrons. The van der Waals surface area contributed by atoms with Crippen LogP contribution >= 0.6 is 0 Å². The highest BCUT2D eigenvalue weighted by atomic mass is 16.5. The Kier molecular flexibility index (Phi) is 4.56. The summed E-state index contributed by atoms with van der Waals surface area (Å²) in [6, 6.07) is 0.803. The number of hydrogen-bond acceptors (Lipinski definition) is 3. The van der Waals surface area contributed by atoms with E-state index in [1.54, 1.807) is 0 Å². The summed E-state index contributed by atoms with van der Waals surface area (Å²) in [7, 11) is 0. The largest absolute Gasteiger partial charge is 0.378 e. The van der Waals surface area contributed by atoms with E-state index in [4.69, 9.17) is 10.5 Å². The predicted molar refractivity (Wildman–Crippen MR) is 63.9 cm³/mol. The van der Waals surface area contributed by atoms with E-state index in [0.29, 0.717) is 6.04 Å². The lowest BCUT2D eigenvalue weighted by atomic mass is 9.87. The fraction of sp³-hybridized carbons (Fsp3) is 1.00. The molecule has 1 aliphatic rings. The molecule has 0 saturated carbocycles. The van der Waals surface area contributed by atoms with E-state index >= 15 is 0 Å². The minimum Gasteiger partial charge on any atom is -0.378 e. The molecule has 2 atom stereocenters. The summed E-state index contributed by atoms with van der Waals surface area (Å²) in [5.74, 6) is 0. The Morgan fingerprint density at radius 2 is 2.13 bits per heavy atom. The first-order valence-electron chi connectivity index (χ1n) is 6.02. The maximum Gasteiger partial charge on any atom is 0.0622 e. The molecule has 1 heterocycles. The topological polar surface area (TPSA) is 38.5 Å². The van der Waals surface area contributed by atoms with Crippen molar-refractivity contribution in [3.8, 4) is 0 Å². The van der Waals surface area contributed by atoms with Crippen molar-refractivity contribution in [2.75, 3.05) is 26.3 Å². The Morgan fingerprint density at radius 3 is 2.67 bits per heavy atom. The zero-order valence-corrected chi connectivity index (χ0v) is 10.6. The van der Waals surface area contributed by atoms with Crippen molar-refractivity contribution in [3.05, 3.63) is 0 Å². The van der Waals surface area contributed by atoms with Gasteiger partial charge in [-0.2, -0.15) is 0 Å². The van der Waals surface area contributed by atoms with Crippen molar-refractivity contribution in [1.82, 2.24) is 4.90 Å². The summed E-state index contributed by atoms with van der Waals surface area (Å²) < 4.78 is 5.49. The minimum absolute atomic E-state index is 0.191. The number of morpholine rings is 1. The Morgan fingerprint density at radius 1 is 1.47 bits per heavy atom. The summed E-state index contributed by atoms with van der Waals surface area (Å²) in [5.41, 5.74) is 6.41. The van der Waals surface area contributed by atoms with Crippen molar-refractivity contribution < 1.29 is 4.74 Å². The molecule has 90 valence electrons. The zero-order chi connectivity index (χ0) is 11.5. The van der Waals surface area contributed by atoms with Gasteiger partial charge in [-0.25, -0.2) is 0 Å². The van der Waals surface area contributed by atoms with Crippen LogP contribution < -0.4 is 5.73 Å². The number of nitrogens with two attached hydrogens (primary N) is 1. The van der Waals surface area contributed by atoms with Gasteiger partial charge in [0.25, 0.3) is 0 Å². The third kappa shape index (κ3) is 3.74. The van der Waals surface area contributed by atoms with E-state index in [-0.39, 0.29) is 11.5 Å². The first-order valence-corrected chi connectivity index (χ1v) is 6.02. The highest BCUT2D eigenvalue weighted by Crippen LogP contribution is 2.20. The predicted octanol–water partition coefficient (Wildman–Crippen LogP) is 1.47. The Labute approximate surface area is 94.0 Å². The van der Waals surface area contributed by atoms with Gasteiger partial charge < -0.3 is 10.5 Å². The fourth-order valence-electron chi connectivity index (χ4n) is 1.83. The molecule has 0 bridgehead atoms. The van der Waals surface area contributed by atoms with Gasteiger partial charge in [0, 0.05) is 25.2 Å². The molecule has 0 aromatic rings. The highest BCUT2D eigenvalue weighted by molar-refractivity contribution is 4.84. The molecule has 1 rings (SSSR count). The maximum atomic E-state index is 6.22. The van der Waals surface area contributed by atoms with Crippen molar-refractivity contribution in [2.24, 2.45) is 11.1 Å². The summed E-state index contributed by atoms with van der Waals surface area (Å²) in [6.07, 6.45) is 1.15. The lowest BCUT2D eigenvalue weighted by Gasteiger charge is -2.39. The van der Waals surface area contributed by atoms with Gasteiger partial charge in [0.05, 0.1) is 13.2 Å². The van der Waals surface area contributed by atoms with Crippen molar-refractivity contribution in [2.45, 2.75) is 46.2 Å². The molecule has 2 unspecified atom stereocenters. The van der Waals surface area contributed by atoms with E-state index in [1.165, 1.54) is 0 Å². The SMILES string of the molecule is CCC1COCCN1CC(N)C(C)(C)C. The molecule has 1 aliphatic heterocycles. The second-order valence-electron chi connectivity index (χ2n) is 5.60. The molecular formula is C12H26N2O. The van der Waals surface area contributed by atoms with Crippen LogP contribution in [0.2, 0.25) is 0 Å². The van der Waals surface area contributed by atoms with Crippen LogP contribution in [-0.2, 0) is 4.74 Å². The van der Waals surface area contributed by atoms with Gasteiger partial charge in [-0.05, 0) is 11.8 Å². The quantitative estimate of drug-likeness (QED) is 0.773. The number of rotatable bonds is 3. The van der Waals surface area contributed by atoms with Gasteiger partial charge in [-0.1, -0.05) is 27.7 Å². The van der Waals surface area contributed by atoms with E-state index in [9.17, 15) is 0 Å². The second-order valence-corrected chi connectivity index (χ2v) is 5.60. The standard InChI is InChI=1S/C12H26N2O/c1-5-10-9-15-7-6-14(10)8-11(13)12(2,3)4/h10-11H,5-9,13H2,1-4H3. The Balaban J connectivity index is 2.48. The minimum atomic E-state index is 0.191. The van der Waals surface area contributed by atoms with Crippen LogP contribution in [0, 0.1) is 5.41 Å². The zero-order valence-electron chi connectivity index (χ0n) is 10.6. The van der Waals surface area contributed by atoms with Crippen molar-refractivity contribution in [3.63, 3.8) is 0 Å². The third-order valence-corrected chi connectivity index (χ3v) is 3.36. The molecule has 3 nitrogen and oxygen atoms in total. The smallest absolute Gasteiger partial charge is 0.0622 e. The normalized spacial score (nSPS) is 26.6. The first kappa shape index (κ1) is 12.9. The van der Waals surface area contributed by atoms with Gasteiger partial charge in [-0.3, -0.25) is 4.90 Å². The van der Waals surface area contributed by atoms with Gasteiger partial charge in [0.1, 0.15) is 0 Å². The monoisotopic (exact) mass is 214 g/mol. The molecule has 0 spiro atoms. The van der Waals surface area contributed by atoms with Crippen LogP contribution in [-0.4, -0.2) is 43.3 Å². The molecule has 1 saturated heterocycles. The van der Waals surface area contributed by atoms with E-state index in [0.717, 1.165) is 32.7 Å². The number of ether oxygens (including phenoxy) is 1. The van der Waals surface area contributed by atoms with Crippen LogP contribution in [0.1, 0.15) is 34.1 Å². The molecule has 0 aliphatic carbocycles. The average Bonchev–Trinajstić information content (AvgIpc) is 2.17. The molecule has 0 aromatic heterocycles. The lowest BCUT2D eigenvalue weighted by Crippen LogP contribution is -2.52. The molecule has 15 heavy (non-hydrogen) atoms. The lowest BCUT2D eigenvalue weighted by molar-refractivity contribution is -0.0157. The fourth-order valence-corrected chi connectivity index (χ4v) is 1.83. The molecule has 2 N–H and O–H groups in total. The summed E-state index contributed by atoms with van der Waals surface area (Å²) in [5, 5.41) is 0. The van der Waals surface area contributed by atoms with Crippen LogP contribution in [0.15, 0.2) is 0 Å². The van der Waals surface area contributed by atoms with Crippen molar-refractivity contribution >= 4 is 0 Å². The van der Waals surface area contributed by atoms with Crippen LogP contribution in [0.3, 0.4) is 0 Å². The second kappa shape index (κ2) is 5.28. The number of hydrogen-bond donors (Lipinski definition) is 1. The van der Waals surface area contributed by atoms with E-state index in [1.807, 2.05) is 0 Å². The van der Waals surface area contributed by atoms with Gasteiger partial charge >= 0.3 is 0 Å². The van der Waals surface area contributed by atoms with Crippen LogP contribution in [0.4, 0.5) is 0 Å². The molecular weight excluding hydrogens is 188 g/mol. The average molecular weight is 214 g/mol. The highest BCUT2D eigenvalue weighted by Gasteiger charge is 2.27. The summed E-state index contributed by atoms with van der Waals surface area (Å²) in [6.45, 7) is 12.6. The molecule has 3 heteroatoms. The summed E-state index contributed by atoms with van der Waals surface area (Å²) in [4.78, 5) is 2.49. The van der Waals surface area contributed by atoms with Gasteiger partial charge in [0.2, 0.25) is 0 Å². The Hall–Kier alpha value is -0.120. The van der Waals surface area contributed by atoms with Gasteiger partial charge in [-0.15, -0.1) is 0 Å². The third-order valence-electron chi connectivity index (χ3n) is 3.36. The van der Waals surface area contributed by atoms with E-state index < -0.39 is 0 Å². The first-order chi connectivity index (χ1) is 6.95. The van der Waals surface area contributed by atoms with Crippen LogP contribution in [0.25, 0.3) is 0 Å². The summed E-state index contributed by atoms with van der Waals surface area (Å²) >= 11 is 0. The molecule has 1 fully saturated rings. The number of nitrogens with zero attached hydrogens (tertiary/aromatic N) is 1. The molecule has 0 amide bonds. The molecule has 0 aromatic carbocycles. The Bertz CT molecular complexity index is 189. The maximum absolute atomic E-state index is 6.22. The van der Waals surface area contributed by atoms with Crippen molar-refractivity contribution in [1.29, 1.82) is 0 Å². The van der Waals surface area contributed by atoms with Gasteiger partial charge in [0.15, 0.2) is 0 Å².